The predicted octanol–water partition coefficient (Wildman–Crippen LogP) is 3.28. The first kappa shape index (κ1) is 16.0. The molecule has 0 fully saturated rings. The molecule has 0 aliphatic rings. The number of benzene rings is 1. The first-order chi connectivity index (χ1) is 8.72. The molecule has 0 aliphatic heterocycles. The van der Waals surface area contributed by atoms with Gasteiger partial charge in [0, 0.05) is 16.1 Å². The summed E-state index contributed by atoms with van der Waals surface area (Å²) in [6.07, 6.45) is 2.29. The minimum Gasteiger partial charge on any atom is -0.391 e. The van der Waals surface area contributed by atoms with Gasteiger partial charge in [-0.05, 0) is 50.6 Å². The standard InChI is InChI=1S/C14H17Cl2NO2/c1-9(18)14(2,3)17-13(19)7-4-10-8-11(15)5-6-12(10)16/h4-9,18H,1-3H3,(H,17,19)/b7-4+. The number of amides is 1. The summed E-state index contributed by atoms with van der Waals surface area (Å²) >= 11 is 11.8. The van der Waals surface area contributed by atoms with Gasteiger partial charge in [-0.15, -0.1) is 0 Å². The van der Waals surface area contributed by atoms with E-state index in [1.54, 1.807) is 45.0 Å². The van der Waals surface area contributed by atoms with E-state index in [1.807, 2.05) is 0 Å². The third kappa shape index (κ3) is 4.86. The third-order valence-corrected chi connectivity index (χ3v) is 3.44. The highest BCUT2D eigenvalue weighted by Crippen LogP contribution is 2.21. The fourth-order valence-corrected chi connectivity index (χ4v) is 1.63. The van der Waals surface area contributed by atoms with Crippen LogP contribution >= 0.6 is 23.2 Å². The summed E-state index contributed by atoms with van der Waals surface area (Å²) in [6.45, 7) is 5.11. The SMILES string of the molecule is CC(O)C(C)(C)NC(=O)/C=C/c1cc(Cl)ccc1Cl. The van der Waals surface area contributed by atoms with E-state index in [0.29, 0.717) is 15.6 Å². The van der Waals surface area contributed by atoms with E-state index in [9.17, 15) is 9.90 Å². The summed E-state index contributed by atoms with van der Waals surface area (Å²) in [6, 6.07) is 5.02. The molecule has 0 saturated carbocycles. The Morgan fingerprint density at radius 3 is 2.63 bits per heavy atom. The summed E-state index contributed by atoms with van der Waals surface area (Å²) in [4.78, 5) is 11.7. The zero-order chi connectivity index (χ0) is 14.6. The van der Waals surface area contributed by atoms with E-state index >= 15 is 0 Å². The maximum atomic E-state index is 11.7. The van der Waals surface area contributed by atoms with E-state index in [4.69, 9.17) is 23.2 Å². The summed E-state index contributed by atoms with van der Waals surface area (Å²) in [5, 5.41) is 13.3. The van der Waals surface area contributed by atoms with Crippen LogP contribution in [0.1, 0.15) is 26.3 Å². The smallest absolute Gasteiger partial charge is 0.244 e. The van der Waals surface area contributed by atoms with Gasteiger partial charge in [0.05, 0.1) is 11.6 Å². The zero-order valence-corrected chi connectivity index (χ0v) is 12.6. The average Bonchev–Trinajstić information content (AvgIpc) is 2.29. The second-order valence-corrected chi connectivity index (χ2v) is 5.73. The lowest BCUT2D eigenvalue weighted by atomic mass is 9.99. The van der Waals surface area contributed by atoms with Gasteiger partial charge < -0.3 is 10.4 Å². The number of carbonyl (C=O) groups is 1. The van der Waals surface area contributed by atoms with Crippen molar-refractivity contribution in [3.8, 4) is 0 Å². The Labute approximate surface area is 123 Å². The van der Waals surface area contributed by atoms with E-state index in [2.05, 4.69) is 5.32 Å². The normalized spacial score (nSPS) is 13.6. The van der Waals surface area contributed by atoms with Crippen molar-refractivity contribution < 1.29 is 9.90 Å². The van der Waals surface area contributed by atoms with Gasteiger partial charge in [0.1, 0.15) is 0 Å². The summed E-state index contributed by atoms with van der Waals surface area (Å²) < 4.78 is 0. The Morgan fingerprint density at radius 2 is 2.05 bits per heavy atom. The molecule has 0 saturated heterocycles. The molecule has 0 radical (unpaired) electrons. The quantitative estimate of drug-likeness (QED) is 0.839. The van der Waals surface area contributed by atoms with Crippen molar-refractivity contribution in [1.82, 2.24) is 5.32 Å². The van der Waals surface area contributed by atoms with Crippen LogP contribution in [0, 0.1) is 0 Å². The molecule has 3 nitrogen and oxygen atoms in total. The highest BCUT2D eigenvalue weighted by molar-refractivity contribution is 6.34. The van der Waals surface area contributed by atoms with E-state index in [1.165, 1.54) is 6.08 Å². The van der Waals surface area contributed by atoms with Crippen molar-refractivity contribution in [2.75, 3.05) is 0 Å². The number of aliphatic hydroxyl groups is 1. The Kier molecular flexibility index (Phi) is 5.41. The lowest BCUT2D eigenvalue weighted by molar-refractivity contribution is -0.119. The van der Waals surface area contributed by atoms with Crippen LogP contribution in [0.3, 0.4) is 0 Å². The molecule has 1 atom stereocenters. The van der Waals surface area contributed by atoms with Crippen molar-refractivity contribution in [1.29, 1.82) is 0 Å². The van der Waals surface area contributed by atoms with Crippen LogP contribution in [0.5, 0.6) is 0 Å². The molecule has 5 heteroatoms. The van der Waals surface area contributed by atoms with Gasteiger partial charge >= 0.3 is 0 Å². The monoisotopic (exact) mass is 301 g/mol. The van der Waals surface area contributed by atoms with Crippen LogP contribution in [0.2, 0.25) is 10.0 Å². The molecule has 19 heavy (non-hydrogen) atoms. The fraction of sp³-hybridized carbons (Fsp3) is 0.357. The highest BCUT2D eigenvalue weighted by atomic mass is 35.5. The largest absolute Gasteiger partial charge is 0.391 e. The van der Waals surface area contributed by atoms with Crippen LogP contribution in [0.15, 0.2) is 24.3 Å². The Bertz CT molecular complexity index is 496. The van der Waals surface area contributed by atoms with Crippen LogP contribution in [0.4, 0.5) is 0 Å². The minimum absolute atomic E-state index is 0.304. The molecule has 1 rings (SSSR count). The lowest BCUT2D eigenvalue weighted by Gasteiger charge is -2.28. The van der Waals surface area contributed by atoms with Crippen molar-refractivity contribution in [2.45, 2.75) is 32.4 Å². The Morgan fingerprint density at radius 1 is 1.42 bits per heavy atom. The maximum absolute atomic E-state index is 11.7. The first-order valence-corrected chi connectivity index (χ1v) is 6.61. The number of rotatable bonds is 4. The number of halogens is 2. The van der Waals surface area contributed by atoms with Gasteiger partial charge in [0.2, 0.25) is 5.91 Å². The molecule has 0 bridgehead atoms. The zero-order valence-electron chi connectivity index (χ0n) is 11.1. The second kappa shape index (κ2) is 6.42. The van der Waals surface area contributed by atoms with Crippen molar-refractivity contribution >= 4 is 35.2 Å². The number of hydrogen-bond donors (Lipinski definition) is 2. The second-order valence-electron chi connectivity index (χ2n) is 4.89. The number of carbonyl (C=O) groups excluding carboxylic acids is 1. The van der Waals surface area contributed by atoms with Gasteiger partial charge in [-0.2, -0.15) is 0 Å². The topological polar surface area (TPSA) is 49.3 Å². The highest BCUT2D eigenvalue weighted by Gasteiger charge is 2.24. The molecule has 1 aromatic carbocycles. The minimum atomic E-state index is -0.695. The van der Waals surface area contributed by atoms with Crippen molar-refractivity contribution in [3.05, 3.63) is 39.9 Å². The third-order valence-electron chi connectivity index (χ3n) is 2.86. The van der Waals surface area contributed by atoms with Crippen LogP contribution in [0.25, 0.3) is 6.08 Å². The Balaban J connectivity index is 2.77. The molecule has 1 amide bonds. The molecule has 104 valence electrons. The van der Waals surface area contributed by atoms with E-state index in [-0.39, 0.29) is 5.91 Å². The van der Waals surface area contributed by atoms with E-state index in [0.717, 1.165) is 0 Å². The van der Waals surface area contributed by atoms with Gasteiger partial charge in [-0.3, -0.25) is 4.79 Å². The molecular weight excluding hydrogens is 285 g/mol. The lowest BCUT2D eigenvalue weighted by Crippen LogP contribution is -2.50. The average molecular weight is 302 g/mol. The molecule has 1 unspecified atom stereocenters. The van der Waals surface area contributed by atoms with Gasteiger partial charge in [0.25, 0.3) is 0 Å². The van der Waals surface area contributed by atoms with Crippen LogP contribution in [-0.2, 0) is 4.79 Å². The van der Waals surface area contributed by atoms with Crippen molar-refractivity contribution in [3.63, 3.8) is 0 Å². The fourth-order valence-electron chi connectivity index (χ4n) is 1.27. The van der Waals surface area contributed by atoms with Crippen LogP contribution < -0.4 is 5.32 Å². The number of nitrogens with one attached hydrogen (secondary N) is 1. The Hall–Kier alpha value is -1.03. The molecule has 0 aliphatic carbocycles. The van der Waals surface area contributed by atoms with Crippen molar-refractivity contribution in [2.24, 2.45) is 0 Å². The number of aliphatic hydroxyl groups excluding tert-OH is 1. The van der Waals surface area contributed by atoms with Gasteiger partial charge in [-0.1, -0.05) is 23.2 Å². The first-order valence-electron chi connectivity index (χ1n) is 5.86. The van der Waals surface area contributed by atoms with E-state index < -0.39 is 11.6 Å². The molecule has 0 spiro atoms. The summed E-state index contributed by atoms with van der Waals surface area (Å²) in [5.74, 6) is -0.304. The van der Waals surface area contributed by atoms with Gasteiger partial charge in [-0.25, -0.2) is 0 Å². The predicted molar refractivity (Wildman–Crippen MR) is 79.4 cm³/mol. The molecule has 1 aromatic rings. The molecule has 0 heterocycles. The summed E-state index contributed by atoms with van der Waals surface area (Å²) in [7, 11) is 0. The summed E-state index contributed by atoms with van der Waals surface area (Å²) in [5.41, 5.74) is -0.0290. The molecule has 0 aromatic heterocycles. The van der Waals surface area contributed by atoms with Gasteiger partial charge in [0.15, 0.2) is 0 Å². The number of hydrogen-bond acceptors (Lipinski definition) is 2. The molecule has 2 N–H and O–H groups in total. The van der Waals surface area contributed by atoms with Crippen LogP contribution in [-0.4, -0.2) is 22.7 Å². The molecular formula is C14H17Cl2NO2. The maximum Gasteiger partial charge on any atom is 0.244 e.